The molecule has 0 aromatic carbocycles. The average Bonchev–Trinajstić information content (AvgIpc) is 2.86. The van der Waals surface area contributed by atoms with E-state index in [1.165, 1.54) is 6.20 Å². The van der Waals surface area contributed by atoms with Gasteiger partial charge in [0.05, 0.1) is 0 Å². The monoisotopic (exact) mass is 513 g/mol. The number of hydrogen-bond donors (Lipinski definition) is 2. The van der Waals surface area contributed by atoms with Crippen LogP contribution in [0.5, 0.6) is 5.75 Å². The number of anilines is 3. The summed E-state index contributed by atoms with van der Waals surface area (Å²) >= 11 is 0. The molecule has 4 heterocycles. The van der Waals surface area contributed by atoms with Crippen molar-refractivity contribution in [2.75, 3.05) is 30.4 Å². The normalized spacial score (nSPS) is 17.2. The van der Waals surface area contributed by atoms with Gasteiger partial charge in [-0.25, -0.2) is 15.0 Å². The lowest BCUT2D eigenvalue weighted by atomic mass is 9.65. The van der Waals surface area contributed by atoms with Gasteiger partial charge >= 0.3 is 6.36 Å². The number of amides is 1. The van der Waals surface area contributed by atoms with Crippen LogP contribution in [0.4, 0.5) is 30.6 Å². The van der Waals surface area contributed by atoms with E-state index < -0.39 is 6.36 Å². The van der Waals surface area contributed by atoms with Gasteiger partial charge in [-0.15, -0.1) is 13.2 Å². The molecular weight excluding hydrogens is 487 g/mol. The molecule has 1 saturated heterocycles. The summed E-state index contributed by atoms with van der Waals surface area (Å²) in [6, 6.07) is 7.65. The van der Waals surface area contributed by atoms with Gasteiger partial charge in [0.2, 0.25) is 5.91 Å². The maximum absolute atomic E-state index is 12.6. The summed E-state index contributed by atoms with van der Waals surface area (Å²) in [5.74, 6) is 1.45. The molecule has 1 aliphatic carbocycles. The Bertz CT molecular complexity index is 1260. The van der Waals surface area contributed by atoms with Gasteiger partial charge in [0.25, 0.3) is 0 Å². The highest BCUT2D eigenvalue weighted by molar-refractivity contribution is 5.78. The van der Waals surface area contributed by atoms with E-state index >= 15 is 0 Å². The number of carbonyl (C=O) groups excluding carboxylic acids is 1. The smallest absolute Gasteiger partial charge is 0.406 e. The molecule has 194 valence electrons. The van der Waals surface area contributed by atoms with Gasteiger partial charge in [0.15, 0.2) is 5.82 Å². The Hall–Kier alpha value is -3.96. The van der Waals surface area contributed by atoms with Crippen LogP contribution in [0.1, 0.15) is 25.7 Å². The van der Waals surface area contributed by atoms with Gasteiger partial charge in [-0.3, -0.25) is 9.78 Å². The lowest BCUT2D eigenvalue weighted by Crippen LogP contribution is -2.58. The van der Waals surface area contributed by atoms with Gasteiger partial charge in [-0.1, -0.05) is 0 Å². The number of carbonyl (C=O) groups is 1. The minimum atomic E-state index is -4.80. The van der Waals surface area contributed by atoms with Crippen molar-refractivity contribution < 1.29 is 22.7 Å². The molecule has 9 nitrogen and oxygen atoms in total. The van der Waals surface area contributed by atoms with E-state index in [1.807, 2.05) is 6.07 Å². The quantitative estimate of drug-likeness (QED) is 0.502. The number of rotatable bonds is 6. The van der Waals surface area contributed by atoms with E-state index in [0.717, 1.165) is 50.9 Å². The van der Waals surface area contributed by atoms with Gasteiger partial charge in [0.1, 0.15) is 23.2 Å². The van der Waals surface area contributed by atoms with Crippen molar-refractivity contribution in [2.24, 2.45) is 11.3 Å². The third kappa shape index (κ3) is 5.73. The van der Waals surface area contributed by atoms with E-state index in [9.17, 15) is 18.0 Å². The van der Waals surface area contributed by atoms with Crippen LogP contribution in [-0.4, -0.2) is 52.3 Å². The van der Waals surface area contributed by atoms with Crippen LogP contribution < -0.4 is 20.3 Å². The molecule has 0 atom stereocenters. The van der Waals surface area contributed by atoms with Gasteiger partial charge < -0.3 is 20.3 Å². The molecule has 1 amide bonds. The zero-order valence-electron chi connectivity index (χ0n) is 20.1. The molecule has 5 rings (SSSR count). The molecule has 37 heavy (non-hydrogen) atoms. The molecule has 0 unspecified atom stereocenters. The number of hydrogen-bond acceptors (Lipinski definition) is 8. The number of alkyl halides is 3. The van der Waals surface area contributed by atoms with Crippen molar-refractivity contribution >= 4 is 23.4 Å². The van der Waals surface area contributed by atoms with Gasteiger partial charge in [-0.05, 0) is 43.9 Å². The molecule has 1 saturated carbocycles. The van der Waals surface area contributed by atoms with E-state index in [1.54, 1.807) is 31.6 Å². The second kappa shape index (κ2) is 9.83. The van der Waals surface area contributed by atoms with Crippen LogP contribution >= 0.6 is 0 Å². The number of nitrogens with zero attached hydrogens (tertiary/aromatic N) is 5. The largest absolute Gasteiger partial charge is 0.573 e. The third-order valence-electron chi connectivity index (χ3n) is 6.89. The molecule has 1 spiro atoms. The van der Waals surface area contributed by atoms with Crippen LogP contribution in [0.15, 0.2) is 48.9 Å². The van der Waals surface area contributed by atoms with Crippen LogP contribution in [0.2, 0.25) is 0 Å². The van der Waals surface area contributed by atoms with Crippen molar-refractivity contribution in [2.45, 2.75) is 32.0 Å². The van der Waals surface area contributed by atoms with Crippen molar-refractivity contribution in [1.82, 2.24) is 25.3 Å². The van der Waals surface area contributed by atoms with Crippen LogP contribution in [-0.2, 0) is 4.79 Å². The zero-order chi connectivity index (χ0) is 26.0. The highest BCUT2D eigenvalue weighted by Crippen LogP contribution is 2.47. The van der Waals surface area contributed by atoms with Crippen molar-refractivity contribution in [1.29, 1.82) is 0 Å². The second-order valence-corrected chi connectivity index (χ2v) is 9.47. The van der Waals surface area contributed by atoms with Gasteiger partial charge in [0, 0.05) is 67.8 Å². The molecule has 3 aromatic rings. The predicted molar refractivity (Wildman–Crippen MR) is 130 cm³/mol. The SMILES string of the molecule is CNC(=O)C1CCC2(CC1)CN(c1cc(Nc3cc(OC(F)(F)F)ccn3)nc(-c3cccnc3)n1)C2. The maximum Gasteiger partial charge on any atom is 0.573 e. The molecule has 2 aliphatic rings. The predicted octanol–water partition coefficient (Wildman–Crippen LogP) is 4.32. The first kappa shape index (κ1) is 24.7. The molecule has 3 aromatic heterocycles. The van der Waals surface area contributed by atoms with E-state index in [0.29, 0.717) is 23.0 Å². The Kier molecular flexibility index (Phi) is 6.57. The summed E-state index contributed by atoms with van der Waals surface area (Å²) in [5.41, 5.74) is 0.860. The highest BCUT2D eigenvalue weighted by Gasteiger charge is 2.46. The minimum Gasteiger partial charge on any atom is -0.406 e. The molecule has 2 fully saturated rings. The number of pyridine rings is 2. The van der Waals surface area contributed by atoms with Crippen LogP contribution in [0.25, 0.3) is 11.4 Å². The van der Waals surface area contributed by atoms with E-state index in [4.69, 9.17) is 4.98 Å². The zero-order valence-corrected chi connectivity index (χ0v) is 20.1. The number of halogens is 3. The summed E-state index contributed by atoms with van der Waals surface area (Å²) in [6.45, 7) is 1.62. The number of ether oxygens (including phenoxy) is 1. The molecule has 12 heteroatoms. The standard InChI is InChI=1S/C25H26F3N7O2/c1-29-23(36)16-4-7-24(8-5-16)14-35(15-24)21-12-20(33-22(34-21)17-3-2-9-30-13-17)32-19-11-18(6-10-31-19)37-25(26,27)28/h2-3,6,9-13,16H,4-5,7-8,14-15H2,1H3,(H,29,36)(H,31,32,33,34). The van der Waals surface area contributed by atoms with Crippen LogP contribution in [0.3, 0.4) is 0 Å². The molecule has 2 N–H and O–H groups in total. The van der Waals surface area contributed by atoms with E-state index in [2.05, 4.69) is 35.2 Å². The first-order chi connectivity index (χ1) is 17.7. The number of nitrogens with one attached hydrogen (secondary N) is 2. The Morgan fingerprint density at radius 2 is 1.89 bits per heavy atom. The summed E-state index contributed by atoms with van der Waals surface area (Å²) in [5, 5.41) is 5.73. The molecule has 0 radical (unpaired) electrons. The molecule has 0 bridgehead atoms. The Balaban J connectivity index is 1.36. The summed E-state index contributed by atoms with van der Waals surface area (Å²) in [4.78, 5) is 31.7. The Labute approximate surface area is 211 Å². The van der Waals surface area contributed by atoms with Crippen molar-refractivity contribution in [3.63, 3.8) is 0 Å². The summed E-state index contributed by atoms with van der Waals surface area (Å²) in [7, 11) is 1.67. The molecular formula is C25H26F3N7O2. The first-order valence-corrected chi connectivity index (χ1v) is 12.0. The minimum absolute atomic E-state index is 0.0706. The maximum atomic E-state index is 12.6. The molecule has 1 aliphatic heterocycles. The number of aromatic nitrogens is 4. The fourth-order valence-electron chi connectivity index (χ4n) is 5.03. The van der Waals surface area contributed by atoms with E-state index in [-0.39, 0.29) is 28.8 Å². The topological polar surface area (TPSA) is 105 Å². The third-order valence-corrected chi connectivity index (χ3v) is 6.89. The van der Waals surface area contributed by atoms with Gasteiger partial charge in [-0.2, -0.15) is 0 Å². The van der Waals surface area contributed by atoms with Crippen molar-refractivity contribution in [3.05, 3.63) is 48.9 Å². The average molecular weight is 514 g/mol. The van der Waals surface area contributed by atoms with Crippen LogP contribution in [0, 0.1) is 11.3 Å². The fraction of sp³-hybridized carbons (Fsp3) is 0.400. The Morgan fingerprint density at radius 3 is 2.57 bits per heavy atom. The second-order valence-electron chi connectivity index (χ2n) is 9.47. The lowest BCUT2D eigenvalue weighted by Gasteiger charge is -2.54. The lowest BCUT2D eigenvalue weighted by molar-refractivity contribution is -0.274. The summed E-state index contributed by atoms with van der Waals surface area (Å²) in [6.07, 6.45) is 3.41. The summed E-state index contributed by atoms with van der Waals surface area (Å²) < 4.78 is 41.9. The van der Waals surface area contributed by atoms with Crippen molar-refractivity contribution in [3.8, 4) is 17.1 Å². The highest BCUT2D eigenvalue weighted by atomic mass is 19.4. The fourth-order valence-corrected chi connectivity index (χ4v) is 5.03. The first-order valence-electron chi connectivity index (χ1n) is 12.0. The Morgan fingerprint density at radius 1 is 1.11 bits per heavy atom.